The number of anilines is 2. The molecule has 0 saturated heterocycles. The molecule has 0 radical (unpaired) electrons. The van der Waals surface area contributed by atoms with Crippen LogP contribution in [0, 0.1) is 0 Å². The molecule has 0 amide bonds. The molecule has 9 heteroatoms. The summed E-state index contributed by atoms with van der Waals surface area (Å²) in [5.74, 6) is 1.43. The summed E-state index contributed by atoms with van der Waals surface area (Å²) >= 11 is 5.45. The maximum absolute atomic E-state index is 5.47. The van der Waals surface area contributed by atoms with Gasteiger partial charge in [0.05, 0.1) is 12.1 Å². The van der Waals surface area contributed by atoms with E-state index in [1.165, 1.54) is 0 Å². The number of nitrogens with one attached hydrogen (secondary N) is 3. The number of fused-ring (bicyclic) bond motifs is 3. The van der Waals surface area contributed by atoms with Crippen LogP contribution < -0.4 is 20.9 Å². The molecule has 5 aromatic rings. The van der Waals surface area contributed by atoms with Gasteiger partial charge in [0.1, 0.15) is 11.4 Å². The Balaban J connectivity index is 1.41. The molecule has 8 nitrogen and oxygen atoms in total. The van der Waals surface area contributed by atoms with Crippen molar-refractivity contribution in [3.05, 3.63) is 78.9 Å². The lowest BCUT2D eigenvalue weighted by molar-refractivity contribution is 0.340. The minimum absolute atomic E-state index is 0.403. The van der Waals surface area contributed by atoms with Crippen LogP contribution in [0.25, 0.3) is 27.8 Å². The van der Waals surface area contributed by atoms with Crippen LogP contribution >= 0.6 is 12.2 Å². The van der Waals surface area contributed by atoms with Crippen LogP contribution in [-0.4, -0.2) is 31.5 Å². The standard InChI is InChI=1S/C24H21N7OS/c1-2-32-18-14-12-17(13-15-18)25-24(33)29-28-22-19-10-6-7-11-20(19)31-23(26-22)21(27-30-31)16-8-4-3-5-9-16/h3-15H,2H2,1H3,(H,26,28)(H2,25,29,33). The Morgan fingerprint density at radius 1 is 0.970 bits per heavy atom. The largest absolute Gasteiger partial charge is 0.494 e. The van der Waals surface area contributed by atoms with Crippen molar-refractivity contribution in [3.63, 3.8) is 0 Å². The molecule has 0 atom stereocenters. The molecule has 3 aromatic carbocycles. The maximum atomic E-state index is 5.47. The number of hydrogen-bond acceptors (Lipinski definition) is 6. The number of aromatic nitrogens is 4. The Hall–Kier alpha value is -4.24. The zero-order chi connectivity index (χ0) is 22.6. The lowest BCUT2D eigenvalue weighted by Crippen LogP contribution is -2.33. The van der Waals surface area contributed by atoms with Crippen molar-refractivity contribution in [2.75, 3.05) is 17.3 Å². The van der Waals surface area contributed by atoms with Gasteiger partial charge >= 0.3 is 0 Å². The van der Waals surface area contributed by atoms with Crippen molar-refractivity contribution < 1.29 is 4.74 Å². The van der Waals surface area contributed by atoms with Gasteiger partial charge in [-0.2, -0.15) is 4.52 Å². The quantitative estimate of drug-likeness (QED) is 0.252. The first-order valence-corrected chi connectivity index (χ1v) is 10.9. The third kappa shape index (κ3) is 4.26. The van der Waals surface area contributed by atoms with Gasteiger partial charge in [-0.25, -0.2) is 4.98 Å². The van der Waals surface area contributed by atoms with Crippen molar-refractivity contribution in [3.8, 4) is 17.0 Å². The van der Waals surface area contributed by atoms with E-state index in [-0.39, 0.29) is 0 Å². The molecule has 164 valence electrons. The summed E-state index contributed by atoms with van der Waals surface area (Å²) < 4.78 is 7.22. The van der Waals surface area contributed by atoms with Crippen molar-refractivity contribution in [1.82, 2.24) is 25.2 Å². The fraction of sp³-hybridized carbons (Fsp3) is 0.0833. The van der Waals surface area contributed by atoms with Crippen LogP contribution in [0.3, 0.4) is 0 Å². The molecule has 2 aromatic heterocycles. The Bertz CT molecular complexity index is 1420. The smallest absolute Gasteiger partial charge is 0.189 e. The van der Waals surface area contributed by atoms with Gasteiger partial charge in [-0.3, -0.25) is 10.9 Å². The van der Waals surface area contributed by atoms with Crippen LogP contribution in [0.2, 0.25) is 0 Å². The normalized spacial score (nSPS) is 10.8. The number of rotatable bonds is 6. The van der Waals surface area contributed by atoms with Crippen LogP contribution in [0.4, 0.5) is 11.5 Å². The van der Waals surface area contributed by atoms with E-state index in [1.54, 1.807) is 4.52 Å². The highest BCUT2D eigenvalue weighted by Gasteiger charge is 2.15. The average Bonchev–Trinajstić information content (AvgIpc) is 3.29. The molecule has 0 unspecified atom stereocenters. The summed E-state index contributed by atoms with van der Waals surface area (Å²) in [4.78, 5) is 4.81. The molecule has 0 spiro atoms. The first-order chi connectivity index (χ1) is 16.2. The van der Waals surface area contributed by atoms with Gasteiger partial charge in [-0.15, -0.1) is 5.10 Å². The van der Waals surface area contributed by atoms with E-state index >= 15 is 0 Å². The number of ether oxygens (including phenoxy) is 1. The highest BCUT2D eigenvalue weighted by molar-refractivity contribution is 7.80. The second-order valence-electron chi connectivity index (χ2n) is 7.18. The average molecular weight is 456 g/mol. The van der Waals surface area contributed by atoms with Crippen LogP contribution in [0.15, 0.2) is 78.9 Å². The molecule has 0 bridgehead atoms. The number of hydrazine groups is 1. The summed E-state index contributed by atoms with van der Waals surface area (Å²) in [6.07, 6.45) is 0. The summed E-state index contributed by atoms with van der Waals surface area (Å²) in [5.41, 5.74) is 10.2. The fourth-order valence-electron chi connectivity index (χ4n) is 3.52. The van der Waals surface area contributed by atoms with E-state index in [9.17, 15) is 0 Å². The molecule has 0 aliphatic rings. The second kappa shape index (κ2) is 9.09. The van der Waals surface area contributed by atoms with E-state index in [1.807, 2.05) is 85.8 Å². The second-order valence-corrected chi connectivity index (χ2v) is 7.59. The lowest BCUT2D eigenvalue weighted by atomic mass is 10.1. The van der Waals surface area contributed by atoms with Gasteiger partial charge in [0, 0.05) is 16.6 Å². The summed E-state index contributed by atoms with van der Waals surface area (Å²) in [6.45, 7) is 2.58. The molecule has 0 fully saturated rings. The Labute approximate surface area is 195 Å². The zero-order valence-corrected chi connectivity index (χ0v) is 18.6. The van der Waals surface area contributed by atoms with E-state index in [2.05, 4.69) is 26.5 Å². The Kier molecular flexibility index (Phi) is 5.69. The molecule has 2 heterocycles. The van der Waals surface area contributed by atoms with Gasteiger partial charge in [0.2, 0.25) is 0 Å². The molecule has 0 aliphatic carbocycles. The van der Waals surface area contributed by atoms with E-state index in [0.29, 0.717) is 28.9 Å². The first-order valence-electron chi connectivity index (χ1n) is 10.5. The molecule has 5 rings (SSSR count). The number of hydrogen-bond donors (Lipinski definition) is 3. The topological polar surface area (TPSA) is 88.4 Å². The minimum Gasteiger partial charge on any atom is -0.494 e. The highest BCUT2D eigenvalue weighted by Crippen LogP contribution is 2.27. The van der Waals surface area contributed by atoms with E-state index in [0.717, 1.165) is 27.9 Å². The molecule has 3 N–H and O–H groups in total. The minimum atomic E-state index is 0.403. The number of para-hydroxylation sites is 1. The summed E-state index contributed by atoms with van der Waals surface area (Å²) in [7, 11) is 0. The van der Waals surface area contributed by atoms with Crippen LogP contribution in [-0.2, 0) is 0 Å². The van der Waals surface area contributed by atoms with Crippen LogP contribution in [0.1, 0.15) is 6.92 Å². The Morgan fingerprint density at radius 2 is 1.73 bits per heavy atom. The molecular weight excluding hydrogens is 434 g/mol. The zero-order valence-electron chi connectivity index (χ0n) is 17.8. The monoisotopic (exact) mass is 455 g/mol. The molecule has 0 saturated carbocycles. The van der Waals surface area contributed by atoms with Crippen molar-refractivity contribution in [2.24, 2.45) is 0 Å². The molecule has 0 aliphatic heterocycles. The number of nitrogens with zero attached hydrogens (tertiary/aromatic N) is 4. The number of benzene rings is 3. The van der Waals surface area contributed by atoms with Crippen LogP contribution in [0.5, 0.6) is 5.75 Å². The van der Waals surface area contributed by atoms with Gasteiger partial charge in [0.15, 0.2) is 16.6 Å². The van der Waals surface area contributed by atoms with Gasteiger partial charge in [-0.1, -0.05) is 47.7 Å². The fourth-order valence-corrected chi connectivity index (χ4v) is 3.69. The molecule has 33 heavy (non-hydrogen) atoms. The number of thiocarbonyl (C=S) groups is 1. The molecular formula is C24H21N7OS. The summed E-state index contributed by atoms with van der Waals surface area (Å²) in [6, 6.07) is 25.3. The van der Waals surface area contributed by atoms with Gasteiger partial charge in [-0.05, 0) is 55.5 Å². The van der Waals surface area contributed by atoms with Gasteiger partial charge < -0.3 is 10.1 Å². The Morgan fingerprint density at radius 3 is 2.52 bits per heavy atom. The highest BCUT2D eigenvalue weighted by atomic mass is 32.1. The predicted octanol–water partition coefficient (Wildman–Crippen LogP) is 4.66. The lowest BCUT2D eigenvalue weighted by Gasteiger charge is -2.14. The van der Waals surface area contributed by atoms with Crippen molar-refractivity contribution >= 4 is 45.4 Å². The predicted molar refractivity (Wildman–Crippen MR) is 134 cm³/mol. The van der Waals surface area contributed by atoms with Crippen molar-refractivity contribution in [2.45, 2.75) is 6.92 Å². The van der Waals surface area contributed by atoms with Gasteiger partial charge in [0.25, 0.3) is 0 Å². The third-order valence-electron chi connectivity index (χ3n) is 5.02. The van der Waals surface area contributed by atoms with Crippen molar-refractivity contribution in [1.29, 1.82) is 0 Å². The third-order valence-corrected chi connectivity index (χ3v) is 5.22. The van der Waals surface area contributed by atoms with E-state index < -0.39 is 0 Å². The SMILES string of the molecule is CCOc1ccc(NC(=S)NNc2nc3c(-c4ccccc4)nnn3c3ccccc23)cc1. The maximum Gasteiger partial charge on any atom is 0.189 e. The van der Waals surface area contributed by atoms with E-state index in [4.69, 9.17) is 21.9 Å². The summed E-state index contributed by atoms with van der Waals surface area (Å²) in [5, 5.41) is 13.2. The first kappa shape index (κ1) is 20.7.